The highest BCUT2D eigenvalue weighted by atomic mass is 32.2. The van der Waals surface area contributed by atoms with E-state index in [1.165, 1.54) is 24.3 Å². The Kier molecular flexibility index (Phi) is 12.3. The number of aromatic nitrogens is 2. The summed E-state index contributed by atoms with van der Waals surface area (Å²) in [5.41, 5.74) is 7.35. The summed E-state index contributed by atoms with van der Waals surface area (Å²) >= 11 is 1.38. The van der Waals surface area contributed by atoms with Crippen molar-refractivity contribution in [1.82, 2.24) is 25.9 Å². The number of carboxylic acid groups (broad SMARTS) is 2. The number of hydrogen-bond donors (Lipinski definition) is 7. The number of carbonyl (C=O) groups is 5. The molecule has 2 aromatic rings. The molecule has 0 bridgehead atoms. The normalized spacial score (nSPS) is 13.9. The Morgan fingerprint density at radius 2 is 1.58 bits per heavy atom. The van der Waals surface area contributed by atoms with Gasteiger partial charge in [0, 0.05) is 18.3 Å². The van der Waals surface area contributed by atoms with Gasteiger partial charge >= 0.3 is 11.9 Å². The first-order chi connectivity index (χ1) is 18.1. The third-order valence-electron chi connectivity index (χ3n) is 5.48. The molecule has 38 heavy (non-hydrogen) atoms. The van der Waals surface area contributed by atoms with Gasteiger partial charge in [0.15, 0.2) is 0 Å². The first-order valence-electron chi connectivity index (χ1n) is 11.7. The van der Waals surface area contributed by atoms with E-state index in [2.05, 4.69) is 25.9 Å². The van der Waals surface area contributed by atoms with E-state index in [9.17, 15) is 34.2 Å². The van der Waals surface area contributed by atoms with Gasteiger partial charge in [0.25, 0.3) is 0 Å². The van der Waals surface area contributed by atoms with Crippen LogP contribution in [0.3, 0.4) is 0 Å². The van der Waals surface area contributed by atoms with Crippen molar-refractivity contribution in [3.8, 4) is 0 Å². The molecule has 0 saturated carbocycles. The van der Waals surface area contributed by atoms with E-state index in [0.717, 1.165) is 5.56 Å². The number of thioether (sulfide) groups is 1. The molecule has 0 fully saturated rings. The predicted octanol–water partition coefficient (Wildman–Crippen LogP) is -0.711. The number of imidazole rings is 1. The molecule has 0 spiro atoms. The lowest BCUT2D eigenvalue weighted by Crippen LogP contribution is -2.58. The van der Waals surface area contributed by atoms with Crippen LogP contribution in [0.15, 0.2) is 42.9 Å². The first kappa shape index (κ1) is 30.3. The van der Waals surface area contributed by atoms with Crippen LogP contribution in [-0.2, 0) is 36.8 Å². The van der Waals surface area contributed by atoms with E-state index in [1.807, 2.05) is 6.07 Å². The van der Waals surface area contributed by atoms with Crippen LogP contribution in [0.5, 0.6) is 0 Å². The minimum Gasteiger partial charge on any atom is -0.481 e. The number of rotatable bonds is 16. The van der Waals surface area contributed by atoms with Crippen molar-refractivity contribution in [1.29, 1.82) is 0 Å². The standard InChI is InChI=1S/C24H32N6O7S/c1-38-8-7-17(24(36)37)28-23(35)19(11-20(31)32)30-22(34)18(10-15-12-26-13-27-15)29-21(33)16(25)9-14-5-3-2-4-6-14/h2-6,12-13,16-19H,7-11,25H2,1H3,(H,26,27)(H,28,35)(H,29,33)(H,30,34)(H,31,32)(H,36,37). The molecule has 1 aromatic carbocycles. The highest BCUT2D eigenvalue weighted by Gasteiger charge is 2.32. The predicted molar refractivity (Wildman–Crippen MR) is 139 cm³/mol. The van der Waals surface area contributed by atoms with Gasteiger partial charge in [0.05, 0.1) is 18.8 Å². The number of aromatic amines is 1. The van der Waals surface area contributed by atoms with E-state index in [4.69, 9.17) is 5.73 Å². The molecular weight excluding hydrogens is 516 g/mol. The van der Waals surface area contributed by atoms with Gasteiger partial charge in [-0.2, -0.15) is 11.8 Å². The number of nitrogens with two attached hydrogens (primary N) is 1. The van der Waals surface area contributed by atoms with E-state index in [1.54, 1.807) is 30.5 Å². The summed E-state index contributed by atoms with van der Waals surface area (Å²) in [7, 11) is 0. The molecule has 1 heterocycles. The zero-order valence-electron chi connectivity index (χ0n) is 20.8. The van der Waals surface area contributed by atoms with Crippen molar-refractivity contribution in [3.05, 3.63) is 54.1 Å². The second-order valence-electron chi connectivity index (χ2n) is 8.48. The summed E-state index contributed by atoms with van der Waals surface area (Å²) in [4.78, 5) is 68.4. The number of carbonyl (C=O) groups excluding carboxylic acids is 3. The maximum absolute atomic E-state index is 13.2. The number of carboxylic acids is 2. The van der Waals surface area contributed by atoms with Gasteiger partial charge in [-0.3, -0.25) is 19.2 Å². The fraction of sp³-hybridized carbons (Fsp3) is 0.417. The second kappa shape index (κ2) is 15.4. The number of nitrogens with zero attached hydrogens (tertiary/aromatic N) is 1. The molecule has 8 N–H and O–H groups in total. The maximum atomic E-state index is 13.2. The highest BCUT2D eigenvalue weighted by molar-refractivity contribution is 7.98. The van der Waals surface area contributed by atoms with Gasteiger partial charge in [0.1, 0.15) is 18.1 Å². The van der Waals surface area contributed by atoms with Crippen molar-refractivity contribution in [3.63, 3.8) is 0 Å². The molecule has 0 radical (unpaired) electrons. The van der Waals surface area contributed by atoms with Crippen LogP contribution in [0.2, 0.25) is 0 Å². The number of H-pyrrole nitrogens is 1. The lowest BCUT2D eigenvalue weighted by atomic mass is 10.0. The van der Waals surface area contributed by atoms with E-state index >= 15 is 0 Å². The van der Waals surface area contributed by atoms with Crippen LogP contribution in [-0.4, -0.2) is 86.0 Å². The Balaban J connectivity index is 2.16. The van der Waals surface area contributed by atoms with Crippen molar-refractivity contribution in [2.24, 2.45) is 5.73 Å². The van der Waals surface area contributed by atoms with Crippen LogP contribution in [0, 0.1) is 0 Å². The Morgan fingerprint density at radius 1 is 0.947 bits per heavy atom. The average Bonchev–Trinajstić information content (AvgIpc) is 3.38. The molecule has 4 atom stereocenters. The largest absolute Gasteiger partial charge is 0.481 e. The van der Waals surface area contributed by atoms with Crippen molar-refractivity contribution in [2.75, 3.05) is 12.0 Å². The molecule has 4 unspecified atom stereocenters. The molecule has 0 saturated heterocycles. The minimum absolute atomic E-state index is 0.0531. The molecule has 0 aliphatic carbocycles. The third kappa shape index (κ3) is 10.2. The number of aliphatic carboxylic acids is 2. The summed E-state index contributed by atoms with van der Waals surface area (Å²) in [5, 5.41) is 25.8. The molecule has 13 nitrogen and oxygen atoms in total. The Bertz CT molecular complexity index is 1080. The molecule has 0 aliphatic rings. The van der Waals surface area contributed by atoms with E-state index in [0.29, 0.717) is 11.4 Å². The van der Waals surface area contributed by atoms with Crippen LogP contribution in [0.25, 0.3) is 0 Å². The van der Waals surface area contributed by atoms with Gasteiger partial charge in [-0.25, -0.2) is 9.78 Å². The average molecular weight is 549 g/mol. The first-order valence-corrected chi connectivity index (χ1v) is 13.1. The fourth-order valence-corrected chi connectivity index (χ4v) is 3.96. The van der Waals surface area contributed by atoms with Crippen molar-refractivity contribution in [2.45, 2.75) is 49.9 Å². The van der Waals surface area contributed by atoms with E-state index in [-0.39, 0.29) is 19.3 Å². The van der Waals surface area contributed by atoms with E-state index < -0.39 is 60.2 Å². The lowest BCUT2D eigenvalue weighted by Gasteiger charge is -2.24. The minimum atomic E-state index is -1.59. The molecule has 14 heteroatoms. The van der Waals surface area contributed by atoms with Crippen LogP contribution >= 0.6 is 11.8 Å². The van der Waals surface area contributed by atoms with Crippen LogP contribution in [0.1, 0.15) is 24.1 Å². The molecule has 2 rings (SSSR count). The Labute approximate surface area is 223 Å². The second-order valence-corrected chi connectivity index (χ2v) is 9.46. The smallest absolute Gasteiger partial charge is 0.326 e. The van der Waals surface area contributed by atoms with Gasteiger partial charge in [0.2, 0.25) is 17.7 Å². The van der Waals surface area contributed by atoms with Gasteiger partial charge in [-0.1, -0.05) is 30.3 Å². The van der Waals surface area contributed by atoms with Gasteiger partial charge in [-0.05, 0) is 30.4 Å². The molecule has 206 valence electrons. The van der Waals surface area contributed by atoms with Crippen LogP contribution in [0.4, 0.5) is 0 Å². The number of hydrogen-bond acceptors (Lipinski definition) is 8. The Hall–Kier alpha value is -3.91. The number of amides is 3. The summed E-state index contributed by atoms with van der Waals surface area (Å²) in [6.45, 7) is 0. The summed E-state index contributed by atoms with van der Waals surface area (Å²) in [6.07, 6.45) is 4.06. The van der Waals surface area contributed by atoms with Crippen LogP contribution < -0.4 is 21.7 Å². The zero-order valence-corrected chi connectivity index (χ0v) is 21.6. The van der Waals surface area contributed by atoms with Crippen molar-refractivity contribution >= 4 is 41.4 Å². The summed E-state index contributed by atoms with van der Waals surface area (Å²) in [6, 6.07) is 3.97. The highest BCUT2D eigenvalue weighted by Crippen LogP contribution is 2.06. The Morgan fingerprint density at radius 3 is 2.16 bits per heavy atom. The quantitative estimate of drug-likeness (QED) is 0.140. The monoisotopic (exact) mass is 548 g/mol. The summed E-state index contributed by atoms with van der Waals surface area (Å²) in [5.74, 6) is -4.69. The molecular formula is C24H32N6O7S. The SMILES string of the molecule is CSCCC(NC(=O)C(CC(=O)O)NC(=O)C(Cc1cnc[nH]1)NC(=O)C(N)Cc1ccccc1)C(=O)O. The third-order valence-corrected chi connectivity index (χ3v) is 6.13. The molecule has 0 aliphatic heterocycles. The fourth-order valence-electron chi connectivity index (χ4n) is 3.49. The van der Waals surface area contributed by atoms with Gasteiger partial charge in [-0.15, -0.1) is 0 Å². The number of nitrogens with one attached hydrogen (secondary N) is 4. The summed E-state index contributed by atoms with van der Waals surface area (Å²) < 4.78 is 0. The molecule has 1 aromatic heterocycles. The maximum Gasteiger partial charge on any atom is 0.326 e. The van der Waals surface area contributed by atoms with Gasteiger partial charge < -0.3 is 36.9 Å². The zero-order chi connectivity index (χ0) is 28.1. The molecule has 3 amide bonds. The lowest BCUT2D eigenvalue weighted by molar-refractivity contribution is -0.143. The van der Waals surface area contributed by atoms with Crippen molar-refractivity contribution < 1.29 is 34.2 Å². The topological polar surface area (TPSA) is 217 Å². The number of benzene rings is 1.